The van der Waals surface area contributed by atoms with Gasteiger partial charge in [-0.3, -0.25) is 16.0 Å². The molecule has 0 fully saturated rings. The topological polar surface area (TPSA) is 109 Å². The molecule has 0 aliphatic heterocycles. The zero-order chi connectivity index (χ0) is 15.5. The van der Waals surface area contributed by atoms with Gasteiger partial charge in [0.15, 0.2) is 0 Å². The lowest BCUT2D eigenvalue weighted by Crippen LogP contribution is -2.10. The van der Waals surface area contributed by atoms with Crippen LogP contribution in [0, 0.1) is 10.1 Å². The Hall–Kier alpha value is -1.74. The van der Waals surface area contributed by atoms with Gasteiger partial charge in [-0.05, 0) is 24.1 Å². The fourth-order valence-corrected chi connectivity index (χ4v) is 1.65. The summed E-state index contributed by atoms with van der Waals surface area (Å²) in [6.45, 7) is 2.68. The van der Waals surface area contributed by atoms with Crippen molar-refractivity contribution in [2.24, 2.45) is 5.84 Å². The van der Waals surface area contributed by atoms with Crippen molar-refractivity contribution in [3.63, 3.8) is 0 Å². The number of nitrogens with zero attached hydrogens (tertiary/aromatic N) is 1. The van der Waals surface area contributed by atoms with E-state index in [9.17, 15) is 10.1 Å². The van der Waals surface area contributed by atoms with Gasteiger partial charge < -0.3 is 19.6 Å². The van der Waals surface area contributed by atoms with Crippen molar-refractivity contribution in [2.75, 3.05) is 39.0 Å². The van der Waals surface area contributed by atoms with E-state index in [4.69, 9.17) is 20.1 Å². The van der Waals surface area contributed by atoms with Crippen molar-refractivity contribution in [3.05, 3.63) is 33.9 Å². The van der Waals surface area contributed by atoms with E-state index in [-0.39, 0.29) is 11.4 Å². The summed E-state index contributed by atoms with van der Waals surface area (Å²) in [4.78, 5) is 10.3. The minimum Gasteiger partial charge on any atom is -0.382 e. The molecule has 0 heterocycles. The van der Waals surface area contributed by atoms with Crippen LogP contribution < -0.4 is 11.3 Å². The van der Waals surface area contributed by atoms with E-state index in [1.165, 1.54) is 6.07 Å². The number of methoxy groups -OCH3 is 1. The van der Waals surface area contributed by atoms with Crippen LogP contribution in [0.4, 0.5) is 11.4 Å². The van der Waals surface area contributed by atoms with Crippen LogP contribution >= 0.6 is 0 Å². The van der Waals surface area contributed by atoms with Crippen LogP contribution in [0.5, 0.6) is 0 Å². The van der Waals surface area contributed by atoms with Crippen molar-refractivity contribution in [3.8, 4) is 0 Å². The fraction of sp³-hybridized carbons (Fsp3) is 0.538. The number of nitro groups is 1. The minimum absolute atomic E-state index is 0.0622. The number of hydrogen-bond donors (Lipinski definition) is 2. The number of nitrogens with one attached hydrogen (secondary N) is 1. The Balaban J connectivity index is 2.28. The molecule has 0 spiro atoms. The molecule has 0 unspecified atom stereocenters. The highest BCUT2D eigenvalue weighted by Gasteiger charge is 2.12. The fourth-order valence-electron chi connectivity index (χ4n) is 1.65. The van der Waals surface area contributed by atoms with Crippen molar-refractivity contribution in [1.29, 1.82) is 0 Å². The summed E-state index contributed by atoms with van der Waals surface area (Å²) in [5, 5.41) is 10.8. The molecule has 8 nitrogen and oxygen atoms in total. The zero-order valence-electron chi connectivity index (χ0n) is 12.0. The van der Waals surface area contributed by atoms with Gasteiger partial charge in [0.05, 0.1) is 24.7 Å². The van der Waals surface area contributed by atoms with Crippen molar-refractivity contribution in [1.82, 2.24) is 0 Å². The van der Waals surface area contributed by atoms with Gasteiger partial charge >= 0.3 is 0 Å². The van der Waals surface area contributed by atoms with Gasteiger partial charge in [-0.25, -0.2) is 0 Å². The third-order valence-corrected chi connectivity index (χ3v) is 2.69. The predicted octanol–water partition coefficient (Wildman–Crippen LogP) is 1.45. The Morgan fingerprint density at radius 3 is 2.67 bits per heavy atom. The van der Waals surface area contributed by atoms with Crippen LogP contribution in [0.1, 0.15) is 12.0 Å². The Bertz CT molecular complexity index is 442. The monoisotopic (exact) mass is 299 g/mol. The van der Waals surface area contributed by atoms with E-state index in [1.807, 2.05) is 0 Å². The lowest BCUT2D eigenvalue weighted by atomic mass is 10.2. The number of nitrogens with two attached hydrogens (primary N) is 1. The Morgan fingerprint density at radius 1 is 1.24 bits per heavy atom. The minimum atomic E-state index is -0.489. The van der Waals surface area contributed by atoms with Crippen LogP contribution in [0.15, 0.2) is 18.2 Å². The second kappa shape index (κ2) is 10.1. The predicted molar refractivity (Wildman–Crippen MR) is 77.9 cm³/mol. The molecule has 118 valence electrons. The molecule has 1 aromatic rings. The number of nitrogen functional groups attached to an aromatic ring is 1. The highest BCUT2D eigenvalue weighted by molar-refractivity contribution is 5.61. The largest absolute Gasteiger partial charge is 0.382 e. The van der Waals surface area contributed by atoms with Gasteiger partial charge in [0.1, 0.15) is 5.69 Å². The number of benzene rings is 1. The lowest BCUT2D eigenvalue weighted by molar-refractivity contribution is -0.384. The van der Waals surface area contributed by atoms with Gasteiger partial charge in [0, 0.05) is 26.4 Å². The smallest absolute Gasteiger partial charge is 0.293 e. The van der Waals surface area contributed by atoms with E-state index >= 15 is 0 Å². The maximum absolute atomic E-state index is 10.8. The molecule has 0 radical (unpaired) electrons. The highest BCUT2D eigenvalue weighted by Crippen LogP contribution is 2.24. The van der Waals surface area contributed by atoms with Gasteiger partial charge in [-0.1, -0.05) is 0 Å². The molecule has 0 saturated heterocycles. The average molecular weight is 299 g/mol. The summed E-state index contributed by atoms with van der Waals surface area (Å²) in [5.41, 5.74) is 3.34. The summed E-state index contributed by atoms with van der Waals surface area (Å²) in [6, 6.07) is 4.66. The molecule has 1 aromatic carbocycles. The van der Waals surface area contributed by atoms with Gasteiger partial charge in [-0.2, -0.15) is 0 Å². The molecule has 0 bridgehead atoms. The summed E-state index contributed by atoms with van der Waals surface area (Å²) in [6.07, 6.45) is 0.776. The Labute approximate surface area is 123 Å². The van der Waals surface area contributed by atoms with Crippen LogP contribution in [-0.2, 0) is 20.8 Å². The number of hydrogen-bond acceptors (Lipinski definition) is 7. The molecule has 8 heteroatoms. The number of rotatable bonds is 11. The molecular weight excluding hydrogens is 278 g/mol. The molecule has 0 atom stereocenters. The van der Waals surface area contributed by atoms with Crippen LogP contribution in [0.3, 0.4) is 0 Å². The lowest BCUT2D eigenvalue weighted by Gasteiger charge is -2.07. The van der Waals surface area contributed by atoms with Gasteiger partial charge in [0.2, 0.25) is 0 Å². The summed E-state index contributed by atoms with van der Waals surface area (Å²) in [5.74, 6) is 5.27. The number of anilines is 1. The first-order valence-electron chi connectivity index (χ1n) is 6.57. The van der Waals surface area contributed by atoms with E-state index in [1.54, 1.807) is 19.2 Å². The highest BCUT2D eigenvalue weighted by atomic mass is 16.6. The molecule has 0 saturated carbocycles. The molecule has 3 N–H and O–H groups in total. The molecule has 0 aliphatic carbocycles. The molecular formula is C13H21N3O5. The third-order valence-electron chi connectivity index (χ3n) is 2.69. The first-order valence-corrected chi connectivity index (χ1v) is 6.57. The van der Waals surface area contributed by atoms with Crippen molar-refractivity contribution < 1.29 is 19.1 Å². The number of hydrazine groups is 1. The van der Waals surface area contributed by atoms with E-state index < -0.39 is 4.92 Å². The van der Waals surface area contributed by atoms with E-state index in [0.29, 0.717) is 33.0 Å². The number of ether oxygens (including phenoxy) is 3. The first-order chi connectivity index (χ1) is 10.2. The second-order valence-corrected chi connectivity index (χ2v) is 4.26. The molecule has 1 rings (SSSR count). The third kappa shape index (κ3) is 6.50. The number of nitro benzene ring substituents is 1. The molecule has 0 aromatic heterocycles. The van der Waals surface area contributed by atoms with Crippen LogP contribution in [-0.4, -0.2) is 38.5 Å². The van der Waals surface area contributed by atoms with Gasteiger partial charge in [0.25, 0.3) is 5.69 Å². The maximum atomic E-state index is 10.8. The molecule has 21 heavy (non-hydrogen) atoms. The average Bonchev–Trinajstić information content (AvgIpc) is 2.49. The maximum Gasteiger partial charge on any atom is 0.293 e. The summed E-state index contributed by atoms with van der Waals surface area (Å²) in [7, 11) is 1.63. The van der Waals surface area contributed by atoms with E-state index in [2.05, 4.69) is 5.43 Å². The summed E-state index contributed by atoms with van der Waals surface area (Å²) >= 11 is 0. The Morgan fingerprint density at radius 2 is 2.00 bits per heavy atom. The van der Waals surface area contributed by atoms with Crippen molar-refractivity contribution in [2.45, 2.75) is 13.0 Å². The molecule has 0 amide bonds. The molecule has 0 aliphatic rings. The van der Waals surface area contributed by atoms with Crippen LogP contribution in [0.25, 0.3) is 0 Å². The Kier molecular flexibility index (Phi) is 8.29. The second-order valence-electron chi connectivity index (χ2n) is 4.26. The zero-order valence-corrected chi connectivity index (χ0v) is 12.0. The van der Waals surface area contributed by atoms with Gasteiger partial charge in [-0.15, -0.1) is 0 Å². The summed E-state index contributed by atoms with van der Waals surface area (Å²) < 4.78 is 15.6. The van der Waals surface area contributed by atoms with Crippen LogP contribution in [0.2, 0.25) is 0 Å². The van der Waals surface area contributed by atoms with E-state index in [0.717, 1.165) is 12.0 Å². The normalized spacial score (nSPS) is 10.6. The first kappa shape index (κ1) is 17.3. The standard InChI is InChI=1S/C13H21N3O5/c1-19-7-8-20-5-2-6-21-10-11-3-4-13(16(17)18)12(9-11)15-14/h3-4,9,15H,2,5-8,10,14H2,1H3. The SMILES string of the molecule is COCCOCCCOCc1ccc([N+](=O)[O-])c(NN)c1. The van der Waals surface area contributed by atoms with Crippen molar-refractivity contribution >= 4 is 11.4 Å². The quantitative estimate of drug-likeness (QED) is 0.275.